The third-order valence-corrected chi connectivity index (χ3v) is 3.24. The molecule has 0 saturated carbocycles. The van der Waals surface area contributed by atoms with Gasteiger partial charge in [-0.25, -0.2) is 4.98 Å². The van der Waals surface area contributed by atoms with E-state index in [2.05, 4.69) is 15.3 Å². The molecule has 21 heavy (non-hydrogen) atoms. The molecule has 1 aromatic carbocycles. The van der Waals surface area contributed by atoms with Crippen LogP contribution in [0.25, 0.3) is 10.9 Å². The van der Waals surface area contributed by atoms with Gasteiger partial charge in [-0.1, -0.05) is 18.2 Å². The quantitative estimate of drug-likeness (QED) is 0.801. The van der Waals surface area contributed by atoms with E-state index in [1.54, 1.807) is 12.3 Å². The Morgan fingerprint density at radius 1 is 1.14 bits per heavy atom. The summed E-state index contributed by atoms with van der Waals surface area (Å²) < 4.78 is 0. The molecule has 0 bridgehead atoms. The average Bonchev–Trinajstić information content (AvgIpc) is 2.52. The van der Waals surface area contributed by atoms with E-state index in [9.17, 15) is 4.79 Å². The number of pyridine rings is 2. The van der Waals surface area contributed by atoms with Crippen molar-refractivity contribution in [3.8, 4) is 0 Å². The van der Waals surface area contributed by atoms with Crippen LogP contribution in [-0.4, -0.2) is 15.9 Å². The molecule has 3 rings (SSSR count). The third-order valence-electron chi connectivity index (χ3n) is 3.24. The van der Waals surface area contributed by atoms with E-state index in [4.69, 9.17) is 0 Å². The Balaban J connectivity index is 1.72. The fourth-order valence-electron chi connectivity index (χ4n) is 2.18. The van der Waals surface area contributed by atoms with Crippen LogP contribution in [0.3, 0.4) is 0 Å². The van der Waals surface area contributed by atoms with Gasteiger partial charge in [-0.05, 0) is 42.8 Å². The number of aromatic nitrogens is 2. The lowest BCUT2D eigenvalue weighted by atomic mass is 10.1. The third kappa shape index (κ3) is 3.05. The van der Waals surface area contributed by atoms with Crippen molar-refractivity contribution in [3.05, 3.63) is 71.7 Å². The average molecular weight is 277 g/mol. The summed E-state index contributed by atoms with van der Waals surface area (Å²) in [4.78, 5) is 20.5. The first kappa shape index (κ1) is 13.2. The minimum atomic E-state index is -0.162. The van der Waals surface area contributed by atoms with Crippen LogP contribution in [0.4, 0.5) is 0 Å². The predicted molar refractivity (Wildman–Crippen MR) is 81.9 cm³/mol. The Kier molecular flexibility index (Phi) is 3.60. The number of carbonyl (C=O) groups excluding carboxylic acids is 1. The van der Waals surface area contributed by atoms with Gasteiger partial charge < -0.3 is 5.32 Å². The van der Waals surface area contributed by atoms with Crippen LogP contribution in [0.15, 0.2) is 54.7 Å². The number of nitrogens with zero attached hydrogens (tertiary/aromatic N) is 2. The van der Waals surface area contributed by atoms with Gasteiger partial charge in [-0.15, -0.1) is 0 Å². The molecular weight excluding hydrogens is 262 g/mol. The summed E-state index contributed by atoms with van der Waals surface area (Å²) in [5.41, 5.74) is 3.27. The number of benzene rings is 1. The fourth-order valence-corrected chi connectivity index (χ4v) is 2.18. The lowest BCUT2D eigenvalue weighted by Crippen LogP contribution is -2.23. The molecule has 2 heterocycles. The molecule has 0 atom stereocenters. The van der Waals surface area contributed by atoms with Gasteiger partial charge >= 0.3 is 0 Å². The van der Waals surface area contributed by atoms with Crippen LogP contribution >= 0.6 is 0 Å². The number of rotatable bonds is 3. The monoisotopic (exact) mass is 277 g/mol. The molecule has 0 aliphatic carbocycles. The van der Waals surface area contributed by atoms with Crippen molar-refractivity contribution >= 4 is 16.8 Å². The largest absolute Gasteiger partial charge is 0.347 e. The molecule has 104 valence electrons. The Hall–Kier alpha value is -2.75. The first-order valence-corrected chi connectivity index (χ1v) is 6.78. The van der Waals surface area contributed by atoms with Crippen molar-refractivity contribution in [1.82, 2.24) is 15.3 Å². The van der Waals surface area contributed by atoms with Crippen LogP contribution in [0.2, 0.25) is 0 Å². The highest BCUT2D eigenvalue weighted by atomic mass is 16.1. The zero-order valence-corrected chi connectivity index (χ0v) is 11.7. The van der Waals surface area contributed by atoms with E-state index in [1.807, 2.05) is 49.4 Å². The number of nitrogens with one attached hydrogen (secondary N) is 1. The smallest absolute Gasteiger partial charge is 0.270 e. The molecule has 3 aromatic rings. The zero-order valence-electron chi connectivity index (χ0n) is 11.7. The second-order valence-corrected chi connectivity index (χ2v) is 4.88. The SMILES string of the molecule is Cc1cccc(C(=O)NCc2ccc3ncccc3c2)n1. The van der Waals surface area contributed by atoms with Gasteiger partial charge in [0.2, 0.25) is 0 Å². The maximum absolute atomic E-state index is 12.0. The Morgan fingerprint density at radius 3 is 2.90 bits per heavy atom. The summed E-state index contributed by atoms with van der Waals surface area (Å²) in [6, 6.07) is 15.3. The number of aryl methyl sites for hydroxylation is 1. The van der Waals surface area contributed by atoms with Crippen LogP contribution in [0, 0.1) is 6.92 Å². The summed E-state index contributed by atoms with van der Waals surface area (Å²) >= 11 is 0. The van der Waals surface area contributed by atoms with Crippen molar-refractivity contribution in [2.45, 2.75) is 13.5 Å². The van der Waals surface area contributed by atoms with E-state index < -0.39 is 0 Å². The molecule has 4 heteroatoms. The maximum Gasteiger partial charge on any atom is 0.270 e. The van der Waals surface area contributed by atoms with Crippen molar-refractivity contribution in [1.29, 1.82) is 0 Å². The van der Waals surface area contributed by atoms with Gasteiger partial charge in [0.1, 0.15) is 5.69 Å². The van der Waals surface area contributed by atoms with E-state index in [0.717, 1.165) is 22.2 Å². The highest BCUT2D eigenvalue weighted by Gasteiger charge is 2.06. The van der Waals surface area contributed by atoms with Crippen molar-refractivity contribution in [2.24, 2.45) is 0 Å². The number of hydrogen-bond acceptors (Lipinski definition) is 3. The molecular formula is C17H15N3O. The van der Waals surface area contributed by atoms with Gasteiger partial charge in [-0.3, -0.25) is 9.78 Å². The standard InChI is InChI=1S/C17H15N3O/c1-12-4-2-6-16(20-12)17(21)19-11-13-7-8-15-14(10-13)5-3-9-18-15/h2-10H,11H2,1H3,(H,19,21). The molecule has 0 spiro atoms. The molecule has 0 unspecified atom stereocenters. The summed E-state index contributed by atoms with van der Waals surface area (Å²) in [5, 5.41) is 3.95. The summed E-state index contributed by atoms with van der Waals surface area (Å²) in [6.07, 6.45) is 1.77. The second kappa shape index (κ2) is 5.71. The summed E-state index contributed by atoms with van der Waals surface area (Å²) in [5.74, 6) is -0.162. The number of amides is 1. The summed E-state index contributed by atoms with van der Waals surface area (Å²) in [7, 11) is 0. The minimum Gasteiger partial charge on any atom is -0.347 e. The summed E-state index contributed by atoms with van der Waals surface area (Å²) in [6.45, 7) is 2.34. The Morgan fingerprint density at radius 2 is 2.05 bits per heavy atom. The number of hydrogen-bond donors (Lipinski definition) is 1. The molecule has 1 amide bonds. The number of fused-ring (bicyclic) bond motifs is 1. The first-order valence-electron chi connectivity index (χ1n) is 6.78. The molecule has 0 saturated heterocycles. The van der Waals surface area contributed by atoms with E-state index in [0.29, 0.717) is 12.2 Å². The van der Waals surface area contributed by atoms with Crippen LogP contribution in [0.5, 0.6) is 0 Å². The Bertz CT molecular complexity index is 799. The second-order valence-electron chi connectivity index (χ2n) is 4.88. The van der Waals surface area contributed by atoms with Crippen molar-refractivity contribution in [3.63, 3.8) is 0 Å². The van der Waals surface area contributed by atoms with E-state index in [-0.39, 0.29) is 5.91 Å². The minimum absolute atomic E-state index is 0.162. The van der Waals surface area contributed by atoms with Crippen LogP contribution < -0.4 is 5.32 Å². The van der Waals surface area contributed by atoms with Gasteiger partial charge in [0.15, 0.2) is 0 Å². The molecule has 0 radical (unpaired) electrons. The van der Waals surface area contributed by atoms with E-state index in [1.165, 1.54) is 0 Å². The first-order chi connectivity index (χ1) is 10.2. The number of carbonyl (C=O) groups is 1. The Labute approximate surface area is 122 Å². The molecule has 0 aliphatic rings. The highest BCUT2D eigenvalue weighted by molar-refractivity contribution is 5.92. The van der Waals surface area contributed by atoms with E-state index >= 15 is 0 Å². The fraction of sp³-hybridized carbons (Fsp3) is 0.118. The normalized spacial score (nSPS) is 10.5. The van der Waals surface area contributed by atoms with Crippen LogP contribution in [-0.2, 0) is 6.54 Å². The molecule has 0 fully saturated rings. The maximum atomic E-state index is 12.0. The predicted octanol–water partition coefficient (Wildman–Crippen LogP) is 2.87. The van der Waals surface area contributed by atoms with Gasteiger partial charge in [0.25, 0.3) is 5.91 Å². The van der Waals surface area contributed by atoms with Crippen molar-refractivity contribution in [2.75, 3.05) is 0 Å². The van der Waals surface area contributed by atoms with Crippen LogP contribution in [0.1, 0.15) is 21.7 Å². The molecule has 4 nitrogen and oxygen atoms in total. The van der Waals surface area contributed by atoms with Gasteiger partial charge in [-0.2, -0.15) is 0 Å². The highest BCUT2D eigenvalue weighted by Crippen LogP contribution is 2.13. The van der Waals surface area contributed by atoms with Gasteiger partial charge in [0.05, 0.1) is 5.52 Å². The molecule has 0 aliphatic heterocycles. The lowest BCUT2D eigenvalue weighted by molar-refractivity contribution is 0.0945. The molecule has 2 aromatic heterocycles. The van der Waals surface area contributed by atoms with Crippen molar-refractivity contribution < 1.29 is 4.79 Å². The van der Waals surface area contributed by atoms with Gasteiger partial charge in [0, 0.05) is 23.8 Å². The topological polar surface area (TPSA) is 54.9 Å². The zero-order chi connectivity index (χ0) is 14.7. The lowest BCUT2D eigenvalue weighted by Gasteiger charge is -2.06. The molecule has 1 N–H and O–H groups in total.